The van der Waals surface area contributed by atoms with E-state index in [1.807, 2.05) is 41.8 Å². The fraction of sp³-hybridized carbons (Fsp3) is 0.281. The summed E-state index contributed by atoms with van der Waals surface area (Å²) in [4.78, 5) is 42.4. The summed E-state index contributed by atoms with van der Waals surface area (Å²) in [5.74, 6) is 4.98. The number of pyridine rings is 1. The Morgan fingerprint density at radius 3 is 2.64 bits per heavy atom. The smallest absolute Gasteiger partial charge is 0.339 e. The highest BCUT2D eigenvalue weighted by Gasteiger charge is 2.17. The number of ether oxygens (including phenoxy) is 2. The Balaban J connectivity index is 1.23. The normalized spacial score (nSPS) is 13.4. The Hall–Kier alpha value is -3.94. The third-order valence-electron chi connectivity index (χ3n) is 6.86. The molecule has 1 saturated heterocycles. The van der Waals surface area contributed by atoms with Gasteiger partial charge in [0, 0.05) is 43.9 Å². The van der Waals surface area contributed by atoms with Gasteiger partial charge in [-0.05, 0) is 48.4 Å². The molecule has 0 atom stereocenters. The number of esters is 1. The highest BCUT2D eigenvalue weighted by Crippen LogP contribution is 2.23. The quantitative estimate of drug-likeness (QED) is 0.232. The zero-order chi connectivity index (χ0) is 29.5. The van der Waals surface area contributed by atoms with Crippen LogP contribution in [0.5, 0.6) is 0 Å². The minimum atomic E-state index is -0.446. The lowest BCUT2D eigenvalue weighted by Gasteiger charge is -2.26. The third-order valence-corrected chi connectivity index (χ3v) is 8.20. The second-order valence-electron chi connectivity index (χ2n) is 9.76. The average molecular weight is 604 g/mol. The number of amides is 1. The van der Waals surface area contributed by atoms with Crippen molar-refractivity contribution < 1.29 is 19.1 Å². The summed E-state index contributed by atoms with van der Waals surface area (Å²) in [6.07, 6.45) is 1.59. The van der Waals surface area contributed by atoms with Gasteiger partial charge in [-0.25, -0.2) is 4.79 Å². The SMILES string of the molecule is CCn1cc(C(=O)NCc2ccc(Cl)cc2)c(=O)c2cc(C#CCOC(=O)c3cccc(CN4CCOCC4)c3)sc21. The first-order valence-electron chi connectivity index (χ1n) is 13.7. The summed E-state index contributed by atoms with van der Waals surface area (Å²) in [7, 11) is 0. The van der Waals surface area contributed by atoms with E-state index in [0.717, 1.165) is 48.8 Å². The summed E-state index contributed by atoms with van der Waals surface area (Å²) < 4.78 is 12.7. The van der Waals surface area contributed by atoms with Gasteiger partial charge in [-0.1, -0.05) is 47.7 Å². The maximum absolute atomic E-state index is 13.2. The molecule has 0 radical (unpaired) electrons. The van der Waals surface area contributed by atoms with E-state index in [4.69, 9.17) is 21.1 Å². The average Bonchev–Trinajstić information content (AvgIpc) is 3.44. The maximum Gasteiger partial charge on any atom is 0.339 e. The van der Waals surface area contributed by atoms with Gasteiger partial charge in [-0.15, -0.1) is 11.3 Å². The molecule has 5 rings (SSSR count). The van der Waals surface area contributed by atoms with Gasteiger partial charge in [0.05, 0.1) is 29.0 Å². The van der Waals surface area contributed by atoms with E-state index >= 15 is 0 Å². The summed E-state index contributed by atoms with van der Waals surface area (Å²) in [5.41, 5.74) is 2.11. The molecule has 216 valence electrons. The van der Waals surface area contributed by atoms with E-state index in [0.29, 0.717) is 27.4 Å². The van der Waals surface area contributed by atoms with Gasteiger partial charge >= 0.3 is 5.97 Å². The van der Waals surface area contributed by atoms with Crippen molar-refractivity contribution in [1.29, 1.82) is 0 Å². The van der Waals surface area contributed by atoms with Gasteiger partial charge in [0.1, 0.15) is 10.4 Å². The number of benzene rings is 2. The Labute approximate surface area is 252 Å². The molecular weight excluding hydrogens is 574 g/mol. The lowest BCUT2D eigenvalue weighted by atomic mass is 10.1. The molecule has 2 aromatic carbocycles. The molecule has 0 unspecified atom stereocenters. The van der Waals surface area contributed by atoms with Crippen LogP contribution in [0.3, 0.4) is 0 Å². The standard InChI is InChI=1S/C32H30ClN3O5S/c1-2-36-21-28(30(38)34-19-22-8-10-25(33)11-9-22)29(37)27-18-26(42-31(27)36)7-4-14-41-32(39)24-6-3-5-23(17-24)20-35-12-15-40-16-13-35/h3,5-6,8-11,17-18,21H,2,12-16,19-20H2,1H3,(H,34,38). The number of morpholine rings is 1. The fourth-order valence-corrected chi connectivity index (χ4v) is 5.83. The number of fused-ring (bicyclic) bond motifs is 1. The van der Waals surface area contributed by atoms with Crippen molar-refractivity contribution in [2.24, 2.45) is 0 Å². The van der Waals surface area contributed by atoms with Crippen molar-refractivity contribution in [1.82, 2.24) is 14.8 Å². The number of rotatable bonds is 8. The van der Waals surface area contributed by atoms with Gasteiger partial charge in [-0.2, -0.15) is 0 Å². The molecule has 1 fully saturated rings. The molecule has 8 nitrogen and oxygen atoms in total. The number of carbonyl (C=O) groups is 2. The van der Waals surface area contributed by atoms with Crippen LogP contribution in [0.4, 0.5) is 0 Å². The molecule has 10 heteroatoms. The minimum Gasteiger partial charge on any atom is -0.449 e. The highest BCUT2D eigenvalue weighted by atomic mass is 35.5. The second kappa shape index (κ2) is 13.8. The first-order valence-corrected chi connectivity index (χ1v) is 14.9. The zero-order valence-corrected chi connectivity index (χ0v) is 24.7. The van der Waals surface area contributed by atoms with Crippen molar-refractivity contribution in [3.63, 3.8) is 0 Å². The molecule has 1 aliphatic rings. The molecule has 2 aromatic heterocycles. The Morgan fingerprint density at radius 1 is 1.10 bits per heavy atom. The fourth-order valence-electron chi connectivity index (χ4n) is 4.64. The van der Waals surface area contributed by atoms with Crippen LogP contribution in [0, 0.1) is 11.8 Å². The predicted octanol–water partition coefficient (Wildman–Crippen LogP) is 4.71. The van der Waals surface area contributed by atoms with E-state index < -0.39 is 11.9 Å². The van der Waals surface area contributed by atoms with Crippen LogP contribution in [0.25, 0.3) is 10.2 Å². The van der Waals surface area contributed by atoms with Crippen LogP contribution in [-0.4, -0.2) is 54.3 Å². The monoisotopic (exact) mass is 603 g/mol. The van der Waals surface area contributed by atoms with Crippen LogP contribution >= 0.6 is 22.9 Å². The van der Waals surface area contributed by atoms with Crippen LogP contribution in [0.1, 0.15) is 43.6 Å². The molecule has 4 aromatic rings. The molecule has 3 heterocycles. The third kappa shape index (κ3) is 7.27. The van der Waals surface area contributed by atoms with Crippen molar-refractivity contribution in [3.8, 4) is 11.8 Å². The summed E-state index contributed by atoms with van der Waals surface area (Å²) in [5, 5.41) is 3.85. The van der Waals surface area contributed by atoms with Gasteiger partial charge in [-0.3, -0.25) is 14.5 Å². The number of nitrogens with zero attached hydrogens (tertiary/aromatic N) is 2. The summed E-state index contributed by atoms with van der Waals surface area (Å²) >= 11 is 7.29. The van der Waals surface area contributed by atoms with Crippen molar-refractivity contribution in [2.75, 3.05) is 32.9 Å². The van der Waals surface area contributed by atoms with E-state index in [9.17, 15) is 14.4 Å². The van der Waals surface area contributed by atoms with Gasteiger partial charge in [0.15, 0.2) is 6.61 Å². The van der Waals surface area contributed by atoms with E-state index in [2.05, 4.69) is 22.1 Å². The van der Waals surface area contributed by atoms with E-state index in [1.54, 1.807) is 30.5 Å². The Bertz CT molecular complexity index is 1710. The van der Waals surface area contributed by atoms with Crippen molar-refractivity contribution in [3.05, 3.63) is 103 Å². The highest BCUT2D eigenvalue weighted by molar-refractivity contribution is 7.19. The summed E-state index contributed by atoms with van der Waals surface area (Å²) in [6, 6.07) is 16.3. The van der Waals surface area contributed by atoms with E-state index in [1.165, 1.54) is 11.3 Å². The summed E-state index contributed by atoms with van der Waals surface area (Å²) in [6.45, 7) is 6.63. The van der Waals surface area contributed by atoms with Crippen LogP contribution < -0.4 is 10.7 Å². The number of nitrogens with one attached hydrogen (secondary N) is 1. The first kappa shape index (κ1) is 29.5. The number of carbonyl (C=O) groups excluding carboxylic acids is 2. The first-order chi connectivity index (χ1) is 20.4. The van der Waals surface area contributed by atoms with Crippen LogP contribution in [0.2, 0.25) is 5.02 Å². The van der Waals surface area contributed by atoms with Crippen molar-refractivity contribution in [2.45, 2.75) is 26.6 Å². The molecule has 0 bridgehead atoms. The number of hydrogen-bond donors (Lipinski definition) is 1. The number of hydrogen-bond acceptors (Lipinski definition) is 7. The van der Waals surface area contributed by atoms with Crippen LogP contribution in [0.15, 0.2) is 65.6 Å². The van der Waals surface area contributed by atoms with Gasteiger partial charge in [0.25, 0.3) is 5.91 Å². The lowest BCUT2D eigenvalue weighted by molar-refractivity contribution is 0.0341. The zero-order valence-electron chi connectivity index (χ0n) is 23.2. The predicted molar refractivity (Wildman–Crippen MR) is 164 cm³/mol. The molecule has 1 N–H and O–H groups in total. The van der Waals surface area contributed by atoms with Crippen molar-refractivity contribution >= 4 is 45.0 Å². The number of aryl methyl sites for hydroxylation is 1. The Morgan fingerprint density at radius 2 is 1.88 bits per heavy atom. The largest absolute Gasteiger partial charge is 0.449 e. The molecule has 1 amide bonds. The van der Waals surface area contributed by atoms with Crippen LogP contribution in [-0.2, 0) is 29.1 Å². The Kier molecular flexibility index (Phi) is 9.72. The minimum absolute atomic E-state index is 0.0698. The molecule has 0 aliphatic carbocycles. The number of halogens is 1. The van der Waals surface area contributed by atoms with E-state index in [-0.39, 0.29) is 24.1 Å². The maximum atomic E-state index is 13.2. The number of aromatic nitrogens is 1. The molecule has 42 heavy (non-hydrogen) atoms. The number of thiophene rings is 1. The van der Waals surface area contributed by atoms with Gasteiger partial charge in [0.2, 0.25) is 5.43 Å². The topological polar surface area (TPSA) is 89.9 Å². The van der Waals surface area contributed by atoms with Gasteiger partial charge < -0.3 is 19.4 Å². The molecular formula is C32H30ClN3O5S. The molecule has 0 saturated carbocycles. The molecule has 0 spiro atoms. The second-order valence-corrected chi connectivity index (χ2v) is 11.2. The molecule has 1 aliphatic heterocycles. The lowest BCUT2D eigenvalue weighted by Crippen LogP contribution is -2.35.